The highest BCUT2D eigenvalue weighted by Crippen LogP contribution is 2.52. The average Bonchev–Trinajstić information content (AvgIpc) is 3.77. The van der Waals surface area contributed by atoms with Crippen LogP contribution in [0.15, 0.2) is 36.4 Å². The van der Waals surface area contributed by atoms with Gasteiger partial charge >= 0.3 is 6.01 Å². The second-order valence-electron chi connectivity index (χ2n) is 14.4. The molecule has 1 aromatic heterocycles. The Labute approximate surface area is 295 Å². The smallest absolute Gasteiger partial charge is 0.319 e. The molecule has 6 heterocycles. The summed E-state index contributed by atoms with van der Waals surface area (Å²) in [5, 5.41) is 4.04. The number of anilines is 2. The third-order valence-corrected chi connectivity index (χ3v) is 12.0. The largest absolute Gasteiger partial charge is 0.461 e. The maximum Gasteiger partial charge on any atom is 0.319 e. The number of rotatable bonds is 4. The summed E-state index contributed by atoms with van der Waals surface area (Å²) in [6.07, 6.45) is 7.96. The molecule has 0 saturated carbocycles. The molecule has 9 rings (SSSR count). The number of benzene rings is 3. The van der Waals surface area contributed by atoms with Gasteiger partial charge < -0.3 is 20.7 Å². The van der Waals surface area contributed by atoms with Crippen LogP contribution in [0, 0.1) is 29.8 Å². The summed E-state index contributed by atoms with van der Waals surface area (Å²) in [4.78, 5) is 13.6. The first kappa shape index (κ1) is 32.5. The number of aromatic nitrogens is 2. The van der Waals surface area contributed by atoms with E-state index in [2.05, 4.69) is 27.7 Å². The minimum Gasteiger partial charge on any atom is -0.461 e. The fourth-order valence-corrected chi connectivity index (χ4v) is 9.74. The van der Waals surface area contributed by atoms with Crippen molar-refractivity contribution in [2.75, 3.05) is 36.9 Å². The van der Waals surface area contributed by atoms with E-state index in [9.17, 15) is 8.78 Å². The summed E-state index contributed by atoms with van der Waals surface area (Å²) in [6, 6.07) is 3.83. The van der Waals surface area contributed by atoms with Gasteiger partial charge in [-0.05, 0) is 68.2 Å². The van der Waals surface area contributed by atoms with Crippen molar-refractivity contribution in [1.82, 2.24) is 20.2 Å². The van der Waals surface area contributed by atoms with E-state index < -0.39 is 40.2 Å². The van der Waals surface area contributed by atoms with Crippen molar-refractivity contribution in [2.45, 2.75) is 62.2 Å². The van der Waals surface area contributed by atoms with Gasteiger partial charge in [0.05, 0.1) is 27.2 Å². The van der Waals surface area contributed by atoms with Crippen molar-refractivity contribution < 1.29 is 26.7 Å². The number of nitrogens with zero attached hydrogens (tertiary/aromatic N) is 4. The number of terminal acetylenes is 1. The first-order valence-electron chi connectivity index (χ1n) is 17.0. The number of halogens is 6. The van der Waals surface area contributed by atoms with Crippen LogP contribution in [-0.4, -0.2) is 64.8 Å². The third kappa shape index (κ3) is 4.70. The molecule has 4 aromatic rings. The Hall–Kier alpha value is -4.44. The highest BCUT2D eigenvalue weighted by Gasteiger charge is 2.49. The number of hydrogen-bond acceptors (Lipinski definition) is 7. The predicted molar refractivity (Wildman–Crippen MR) is 187 cm³/mol. The van der Waals surface area contributed by atoms with E-state index >= 15 is 13.2 Å². The normalized spacial score (nSPS) is 25.4. The quantitative estimate of drug-likeness (QED) is 0.128. The molecule has 0 spiro atoms. The van der Waals surface area contributed by atoms with Gasteiger partial charge in [0, 0.05) is 58.9 Å². The van der Waals surface area contributed by atoms with Gasteiger partial charge in [-0.25, -0.2) is 13.2 Å². The summed E-state index contributed by atoms with van der Waals surface area (Å²) in [6.45, 7) is 5.77. The topological polar surface area (TPSA) is 79.5 Å². The van der Waals surface area contributed by atoms with Crippen molar-refractivity contribution in [2.24, 2.45) is 0 Å². The van der Waals surface area contributed by atoms with Gasteiger partial charge in [0.1, 0.15) is 23.8 Å². The summed E-state index contributed by atoms with van der Waals surface area (Å²) >= 11 is 7.18. The van der Waals surface area contributed by atoms with Crippen LogP contribution in [0.1, 0.15) is 49.7 Å². The van der Waals surface area contributed by atoms with Gasteiger partial charge in [-0.15, -0.1) is 6.42 Å². The number of hydrogen-bond donors (Lipinski definition) is 2. The van der Waals surface area contributed by atoms with Crippen LogP contribution < -0.4 is 20.7 Å². The zero-order valence-electron chi connectivity index (χ0n) is 27.4. The van der Waals surface area contributed by atoms with Crippen LogP contribution in [0.25, 0.3) is 38.4 Å². The maximum atomic E-state index is 17.5. The molecule has 0 amide bonds. The molecule has 3 N–H and O–H groups in total. The average molecular weight is 719 g/mol. The zero-order chi connectivity index (χ0) is 35.5. The van der Waals surface area contributed by atoms with Crippen LogP contribution >= 0.6 is 11.6 Å². The minimum absolute atomic E-state index is 0.00584. The Morgan fingerprint density at radius 2 is 1.96 bits per heavy atom. The highest BCUT2D eigenvalue weighted by molar-refractivity contribution is 6.37. The molecule has 4 saturated heterocycles. The van der Waals surface area contributed by atoms with Crippen molar-refractivity contribution in [3.63, 3.8) is 0 Å². The number of piperazine rings is 1. The number of nitrogen functional groups attached to an aromatic ring is 1. The van der Waals surface area contributed by atoms with Crippen LogP contribution in [0.2, 0.25) is 5.02 Å². The molecule has 4 atom stereocenters. The molecule has 262 valence electrons. The molecule has 5 aliphatic rings. The fraction of sp³-hybridized carbons (Fsp3) is 0.368. The summed E-state index contributed by atoms with van der Waals surface area (Å²) in [5.41, 5.74) is 4.86. The highest BCUT2D eigenvalue weighted by atomic mass is 35.5. The van der Waals surface area contributed by atoms with E-state index in [1.54, 1.807) is 0 Å². The lowest BCUT2D eigenvalue weighted by atomic mass is 9.88. The zero-order valence-corrected chi connectivity index (χ0v) is 28.1. The molecule has 7 nitrogen and oxygen atoms in total. The monoisotopic (exact) mass is 718 g/mol. The molecular weight excluding hydrogens is 687 g/mol. The lowest BCUT2D eigenvalue weighted by molar-refractivity contribution is 0.108. The summed E-state index contributed by atoms with van der Waals surface area (Å²) < 4.78 is 82.7. The van der Waals surface area contributed by atoms with Crippen LogP contribution in [-0.2, 0) is 0 Å². The summed E-state index contributed by atoms with van der Waals surface area (Å²) in [7, 11) is 0. The molecule has 0 unspecified atom stereocenters. The van der Waals surface area contributed by atoms with Gasteiger partial charge in [-0.1, -0.05) is 30.2 Å². The van der Waals surface area contributed by atoms with Crippen LogP contribution in [0.5, 0.6) is 6.01 Å². The molecule has 3 aromatic carbocycles. The van der Waals surface area contributed by atoms with Crippen molar-refractivity contribution in [1.29, 1.82) is 0 Å². The van der Waals surface area contributed by atoms with Gasteiger partial charge in [0.15, 0.2) is 11.6 Å². The van der Waals surface area contributed by atoms with Crippen LogP contribution in [0.3, 0.4) is 0 Å². The number of ether oxygens (including phenoxy) is 1. The minimum atomic E-state index is -1.68. The molecule has 2 bridgehead atoms. The Kier molecular flexibility index (Phi) is 7.34. The second kappa shape index (κ2) is 11.5. The van der Waals surface area contributed by atoms with Gasteiger partial charge in [-0.3, -0.25) is 4.90 Å². The predicted octanol–water partition coefficient (Wildman–Crippen LogP) is 7.58. The van der Waals surface area contributed by atoms with E-state index in [1.165, 1.54) is 12.1 Å². The van der Waals surface area contributed by atoms with Gasteiger partial charge in [0.25, 0.3) is 6.08 Å². The van der Waals surface area contributed by atoms with Crippen molar-refractivity contribution in [3.8, 4) is 29.5 Å². The SMILES string of the molecule is C#Cc1c(F)ccc2cc(N)c(F)c(-c3c(Cl)c4c5c(nc(OC[C@@]67CCCN6CC(=C(F)F)C7)nc5c3F)N3C[C@H]5CC[C@H](N5)[C@H]3CC4=C)c12. The van der Waals surface area contributed by atoms with Gasteiger partial charge in [0.2, 0.25) is 0 Å². The molecule has 5 aliphatic heterocycles. The second-order valence-corrected chi connectivity index (χ2v) is 14.8. The van der Waals surface area contributed by atoms with E-state index in [-0.39, 0.29) is 76.5 Å². The standard InChI is InChI=1S/C38H32ClF5N6O/c1-3-21-22(40)7-5-18-12-23(45)32(41)28(27(18)21)29-31(39)26-17(2)11-25-24-8-6-20(46-24)15-50(25)36-30(26)34(33(29)42)47-37(48-36)51-16-38-9-4-10-49(38)14-19(13-38)35(43)44/h1,5,7,12,20,24-25,46H,2,4,6,8-11,13-16,45H2/t20-,24+,25-,38+/m1/s1. The van der Waals surface area contributed by atoms with Crippen molar-refractivity contribution >= 4 is 50.4 Å². The van der Waals surface area contributed by atoms with E-state index in [1.807, 2.05) is 4.90 Å². The molecule has 51 heavy (non-hydrogen) atoms. The Morgan fingerprint density at radius 1 is 1.14 bits per heavy atom. The fourth-order valence-electron chi connectivity index (χ4n) is 9.34. The van der Waals surface area contributed by atoms with Crippen molar-refractivity contribution in [3.05, 3.63) is 70.0 Å². The lowest BCUT2D eigenvalue weighted by Gasteiger charge is -2.41. The molecule has 4 fully saturated rings. The molecular formula is C38H32ClF5N6O. The first-order valence-corrected chi connectivity index (χ1v) is 17.4. The Balaban J connectivity index is 1.30. The third-order valence-electron chi connectivity index (χ3n) is 11.6. The Morgan fingerprint density at radius 3 is 2.75 bits per heavy atom. The van der Waals surface area contributed by atoms with Crippen LogP contribution in [0.4, 0.5) is 33.5 Å². The van der Waals surface area contributed by atoms with Gasteiger partial charge in [-0.2, -0.15) is 18.7 Å². The Bertz CT molecular complexity index is 2300. The lowest BCUT2D eigenvalue weighted by Crippen LogP contribution is -2.58. The molecule has 0 aliphatic carbocycles. The first-order chi connectivity index (χ1) is 24.5. The molecule has 0 radical (unpaired) electrons. The summed E-state index contributed by atoms with van der Waals surface area (Å²) in [5.74, 6) is -0.131. The maximum absolute atomic E-state index is 17.5. The van der Waals surface area contributed by atoms with E-state index in [0.717, 1.165) is 25.3 Å². The molecule has 13 heteroatoms. The van der Waals surface area contributed by atoms with E-state index in [0.29, 0.717) is 53.7 Å². The number of nitrogens with one attached hydrogen (secondary N) is 1. The van der Waals surface area contributed by atoms with E-state index in [4.69, 9.17) is 33.5 Å². The number of fused-ring (bicyclic) bond motifs is 7. The number of nitrogens with two attached hydrogens (primary N) is 1.